The molecule has 0 spiro atoms. The van der Waals surface area contributed by atoms with E-state index in [0.29, 0.717) is 16.9 Å². The van der Waals surface area contributed by atoms with Crippen LogP contribution in [0.25, 0.3) is 0 Å². The minimum atomic E-state index is -0.401. The molecule has 4 nitrogen and oxygen atoms in total. The Bertz CT molecular complexity index is 1420. The van der Waals surface area contributed by atoms with Crippen LogP contribution in [-0.2, 0) is 15.8 Å². The van der Waals surface area contributed by atoms with E-state index in [1.54, 1.807) is 19.2 Å². The van der Waals surface area contributed by atoms with Crippen molar-refractivity contribution in [3.63, 3.8) is 0 Å². The van der Waals surface area contributed by atoms with Crippen molar-refractivity contribution < 1.29 is 19.0 Å². The molecule has 40 heavy (non-hydrogen) atoms. The molecule has 0 heterocycles. The van der Waals surface area contributed by atoms with Crippen LogP contribution in [0.3, 0.4) is 0 Å². The third kappa shape index (κ3) is 6.81. The average molecular weight is 537 g/mol. The predicted octanol–water partition coefficient (Wildman–Crippen LogP) is 9.09. The second-order valence-corrected chi connectivity index (χ2v) is 12.1. The van der Waals surface area contributed by atoms with Crippen LogP contribution >= 0.6 is 0 Å². The molecule has 208 valence electrons. The summed E-state index contributed by atoms with van der Waals surface area (Å²) in [6.45, 7) is 14.6. The van der Waals surface area contributed by atoms with E-state index < -0.39 is 5.60 Å². The summed E-state index contributed by atoms with van der Waals surface area (Å²) in [5, 5.41) is 0. The normalized spacial score (nSPS) is 12.2. The Morgan fingerprint density at radius 3 is 1.32 bits per heavy atom. The number of ketones is 1. The van der Waals surface area contributed by atoms with Crippen LogP contribution in [0.5, 0.6) is 17.2 Å². The van der Waals surface area contributed by atoms with E-state index in [0.717, 1.165) is 17.1 Å². The SMILES string of the molecule is COC(C)(C)c1ccc(C(=O)c2ccc(Oc3ccc(C(C)(C)c4ccc(OC(C)(C)C)cc4)cc3)cc2)cc1. The predicted molar refractivity (Wildman–Crippen MR) is 162 cm³/mol. The highest BCUT2D eigenvalue weighted by Gasteiger charge is 2.24. The van der Waals surface area contributed by atoms with Crippen molar-refractivity contribution in [2.75, 3.05) is 7.11 Å². The fourth-order valence-electron chi connectivity index (χ4n) is 4.52. The van der Waals surface area contributed by atoms with Gasteiger partial charge in [0.2, 0.25) is 0 Å². The summed E-state index contributed by atoms with van der Waals surface area (Å²) in [5.41, 5.74) is 3.86. The second-order valence-electron chi connectivity index (χ2n) is 12.1. The van der Waals surface area contributed by atoms with Gasteiger partial charge in [0.05, 0.1) is 5.60 Å². The molecule has 0 aliphatic carbocycles. The summed E-state index contributed by atoms with van der Waals surface area (Å²) in [6, 6.07) is 31.3. The molecule has 0 aliphatic heterocycles. The molecule has 4 aromatic rings. The molecule has 0 N–H and O–H groups in total. The molecule has 4 rings (SSSR count). The molecule has 0 aromatic heterocycles. The summed E-state index contributed by atoms with van der Waals surface area (Å²) < 4.78 is 17.6. The molecule has 0 bridgehead atoms. The van der Waals surface area contributed by atoms with Gasteiger partial charge in [0.25, 0.3) is 0 Å². The Morgan fingerprint density at radius 1 is 0.525 bits per heavy atom. The van der Waals surface area contributed by atoms with Crippen molar-refractivity contribution in [1.29, 1.82) is 0 Å². The molecule has 0 radical (unpaired) electrons. The van der Waals surface area contributed by atoms with E-state index in [2.05, 4.69) is 38.1 Å². The molecule has 4 aromatic carbocycles. The van der Waals surface area contributed by atoms with Crippen LogP contribution in [0.2, 0.25) is 0 Å². The number of carbonyl (C=O) groups is 1. The lowest BCUT2D eigenvalue weighted by Gasteiger charge is -2.27. The van der Waals surface area contributed by atoms with Crippen molar-refractivity contribution in [2.45, 2.75) is 65.1 Å². The topological polar surface area (TPSA) is 44.8 Å². The van der Waals surface area contributed by atoms with E-state index in [4.69, 9.17) is 14.2 Å². The Morgan fingerprint density at radius 2 is 0.900 bits per heavy atom. The smallest absolute Gasteiger partial charge is 0.193 e. The summed E-state index contributed by atoms with van der Waals surface area (Å²) >= 11 is 0. The molecule has 0 saturated heterocycles. The Labute approximate surface area is 238 Å². The van der Waals surface area contributed by atoms with Crippen LogP contribution in [-0.4, -0.2) is 18.5 Å². The summed E-state index contributed by atoms with van der Waals surface area (Å²) in [6.07, 6.45) is 0. The second kappa shape index (κ2) is 11.3. The zero-order valence-electron chi connectivity index (χ0n) is 24.9. The first kappa shape index (κ1) is 29.1. The van der Waals surface area contributed by atoms with Gasteiger partial charge in [-0.15, -0.1) is 0 Å². The molecule has 0 fully saturated rings. The highest BCUT2D eigenvalue weighted by molar-refractivity contribution is 6.09. The van der Waals surface area contributed by atoms with Gasteiger partial charge in [0, 0.05) is 23.7 Å². The van der Waals surface area contributed by atoms with Gasteiger partial charge in [0.15, 0.2) is 5.78 Å². The maximum atomic E-state index is 13.0. The molecule has 0 atom stereocenters. The number of benzene rings is 4. The summed E-state index contributed by atoms with van der Waals surface area (Å²) in [4.78, 5) is 13.0. The fraction of sp³-hybridized carbons (Fsp3) is 0.306. The molecule has 0 unspecified atom stereocenters. The van der Waals surface area contributed by atoms with Crippen LogP contribution in [0.1, 0.15) is 81.1 Å². The van der Waals surface area contributed by atoms with E-state index in [1.165, 1.54) is 11.1 Å². The van der Waals surface area contributed by atoms with E-state index in [1.807, 2.05) is 95.3 Å². The largest absolute Gasteiger partial charge is 0.488 e. The van der Waals surface area contributed by atoms with Crippen molar-refractivity contribution >= 4 is 5.78 Å². The number of methoxy groups -OCH3 is 1. The zero-order valence-corrected chi connectivity index (χ0v) is 24.9. The quantitative estimate of drug-likeness (QED) is 0.200. The third-order valence-corrected chi connectivity index (χ3v) is 7.28. The van der Waals surface area contributed by atoms with Crippen molar-refractivity contribution in [2.24, 2.45) is 0 Å². The summed E-state index contributed by atoms with van der Waals surface area (Å²) in [5.74, 6) is 2.25. The number of hydrogen-bond acceptors (Lipinski definition) is 4. The first-order chi connectivity index (χ1) is 18.8. The Hall–Kier alpha value is -3.89. The van der Waals surface area contributed by atoms with Crippen molar-refractivity contribution in [3.05, 3.63) is 125 Å². The van der Waals surface area contributed by atoms with Crippen molar-refractivity contribution in [3.8, 4) is 17.2 Å². The fourth-order valence-corrected chi connectivity index (χ4v) is 4.52. The van der Waals surface area contributed by atoms with Gasteiger partial charge in [-0.3, -0.25) is 4.79 Å². The van der Waals surface area contributed by atoms with Gasteiger partial charge in [-0.2, -0.15) is 0 Å². The lowest BCUT2D eigenvalue weighted by atomic mass is 9.78. The minimum absolute atomic E-state index is 0.0297. The Balaban J connectivity index is 1.41. The van der Waals surface area contributed by atoms with Gasteiger partial charge in [-0.25, -0.2) is 0 Å². The maximum absolute atomic E-state index is 13.0. The first-order valence-electron chi connectivity index (χ1n) is 13.7. The number of ether oxygens (including phenoxy) is 3. The lowest BCUT2D eigenvalue weighted by molar-refractivity contribution is 0.0192. The third-order valence-electron chi connectivity index (χ3n) is 7.28. The standard InChI is InChI=1S/C36H40O4/c1-34(2,3)40-32-23-17-28(18-24-32)35(4,5)27-15-21-31(22-16-27)39-30-19-11-26(12-20-30)33(37)25-9-13-29(14-10-25)36(6,7)38-8/h9-24H,1-8H3. The monoisotopic (exact) mass is 536 g/mol. The van der Waals surface area contributed by atoms with Crippen LogP contribution in [0.4, 0.5) is 0 Å². The average Bonchev–Trinajstić information content (AvgIpc) is 2.93. The summed E-state index contributed by atoms with van der Waals surface area (Å²) in [7, 11) is 1.68. The van der Waals surface area contributed by atoms with E-state index in [-0.39, 0.29) is 16.8 Å². The molecule has 4 heteroatoms. The lowest BCUT2D eigenvalue weighted by Crippen LogP contribution is -2.23. The van der Waals surface area contributed by atoms with Crippen LogP contribution in [0.15, 0.2) is 97.1 Å². The Kier molecular flexibility index (Phi) is 8.23. The molecular weight excluding hydrogens is 496 g/mol. The van der Waals surface area contributed by atoms with Gasteiger partial charge >= 0.3 is 0 Å². The number of hydrogen-bond donors (Lipinski definition) is 0. The highest BCUT2D eigenvalue weighted by atomic mass is 16.5. The van der Waals surface area contributed by atoms with Gasteiger partial charge in [-0.1, -0.05) is 62.4 Å². The maximum Gasteiger partial charge on any atom is 0.193 e. The van der Waals surface area contributed by atoms with E-state index >= 15 is 0 Å². The first-order valence-corrected chi connectivity index (χ1v) is 13.7. The van der Waals surface area contributed by atoms with Crippen molar-refractivity contribution in [1.82, 2.24) is 0 Å². The van der Waals surface area contributed by atoms with Gasteiger partial charge in [0.1, 0.15) is 22.8 Å². The molecular formula is C36H40O4. The molecule has 0 aliphatic rings. The molecule has 0 amide bonds. The highest BCUT2D eigenvalue weighted by Crippen LogP contribution is 2.34. The number of rotatable bonds is 9. The molecule has 0 saturated carbocycles. The van der Waals surface area contributed by atoms with E-state index in [9.17, 15) is 4.79 Å². The zero-order chi connectivity index (χ0) is 29.1. The van der Waals surface area contributed by atoms with Crippen LogP contribution < -0.4 is 9.47 Å². The minimum Gasteiger partial charge on any atom is -0.488 e. The van der Waals surface area contributed by atoms with Gasteiger partial charge in [-0.05, 0) is 99.8 Å². The van der Waals surface area contributed by atoms with Gasteiger partial charge < -0.3 is 14.2 Å². The van der Waals surface area contributed by atoms with Crippen LogP contribution in [0, 0.1) is 0 Å². The number of carbonyl (C=O) groups excluding carboxylic acids is 1.